The Kier molecular flexibility index (Phi) is 3.42. The van der Waals surface area contributed by atoms with E-state index in [9.17, 15) is 0 Å². The molecule has 0 amide bonds. The molecular weight excluding hydrogens is 281 g/mol. The number of benzene rings is 1. The van der Waals surface area contributed by atoms with Crippen LogP contribution in [0.4, 0.5) is 5.82 Å². The minimum atomic E-state index is 0.681. The lowest BCUT2D eigenvalue weighted by atomic mass is 10.0. The van der Waals surface area contributed by atoms with Crippen LogP contribution in [-0.4, -0.2) is 16.3 Å². The molecule has 3 rings (SSSR count). The minimum absolute atomic E-state index is 0.681. The highest BCUT2D eigenvalue weighted by molar-refractivity contribution is 6.35. The normalized spacial score (nSPS) is 14.7. The first-order chi connectivity index (χ1) is 9.16. The second kappa shape index (κ2) is 5.06. The van der Waals surface area contributed by atoms with E-state index < -0.39 is 0 Å². The van der Waals surface area contributed by atoms with E-state index in [0.717, 1.165) is 36.5 Å². The summed E-state index contributed by atoms with van der Waals surface area (Å²) >= 11 is 12.4. The molecule has 1 aliphatic rings. The quantitative estimate of drug-likeness (QED) is 0.857. The highest BCUT2D eigenvalue weighted by Gasteiger charge is 2.20. The number of aryl methyl sites for hydroxylation is 1. The summed E-state index contributed by atoms with van der Waals surface area (Å²) in [6, 6.07) is 5.51. The minimum Gasteiger partial charge on any atom is -0.370 e. The Labute approximate surface area is 122 Å². The van der Waals surface area contributed by atoms with E-state index in [1.165, 1.54) is 12.0 Å². The highest BCUT2D eigenvalue weighted by Crippen LogP contribution is 2.36. The van der Waals surface area contributed by atoms with Gasteiger partial charge in [-0.1, -0.05) is 23.2 Å². The monoisotopic (exact) mass is 295 g/mol. The molecule has 1 aromatic carbocycles. The van der Waals surface area contributed by atoms with Crippen molar-refractivity contribution < 1.29 is 0 Å². The molecule has 2 aromatic rings. The number of anilines is 1. The lowest BCUT2D eigenvalue weighted by Gasteiger charge is -2.05. The lowest BCUT2D eigenvalue weighted by Crippen LogP contribution is -2.04. The second-order valence-corrected chi connectivity index (χ2v) is 5.65. The smallest absolute Gasteiger partial charge is 0.127 e. The first kappa shape index (κ1) is 12.8. The van der Waals surface area contributed by atoms with Crippen molar-refractivity contribution in [3.63, 3.8) is 0 Å². The number of hydrogen-bond acceptors (Lipinski definition) is 2. The van der Waals surface area contributed by atoms with E-state index in [0.29, 0.717) is 10.0 Å². The predicted octanol–water partition coefficient (Wildman–Crippen LogP) is 4.14. The summed E-state index contributed by atoms with van der Waals surface area (Å²) < 4.78 is 1.90. The van der Waals surface area contributed by atoms with Crippen molar-refractivity contribution in [3.8, 4) is 11.3 Å². The van der Waals surface area contributed by atoms with Crippen LogP contribution in [0.3, 0.4) is 0 Å². The zero-order valence-corrected chi connectivity index (χ0v) is 12.2. The van der Waals surface area contributed by atoms with Crippen molar-refractivity contribution in [1.82, 2.24) is 9.78 Å². The number of hydrogen-bond donors (Lipinski definition) is 1. The number of nitrogens with zero attached hydrogens (tertiary/aromatic N) is 2. The van der Waals surface area contributed by atoms with Crippen LogP contribution in [0.15, 0.2) is 18.2 Å². The van der Waals surface area contributed by atoms with Crippen LogP contribution in [0.2, 0.25) is 10.0 Å². The predicted molar refractivity (Wildman–Crippen MR) is 80.1 cm³/mol. The van der Waals surface area contributed by atoms with Crippen LogP contribution in [0.5, 0.6) is 0 Å². The Morgan fingerprint density at radius 3 is 2.95 bits per heavy atom. The van der Waals surface area contributed by atoms with Crippen LogP contribution in [0, 0.1) is 0 Å². The molecule has 0 unspecified atom stereocenters. The van der Waals surface area contributed by atoms with Crippen molar-refractivity contribution in [3.05, 3.63) is 33.8 Å². The highest BCUT2D eigenvalue weighted by atomic mass is 35.5. The molecule has 0 bridgehead atoms. The Bertz CT molecular complexity index is 619. The summed E-state index contributed by atoms with van der Waals surface area (Å²) in [5.74, 6) is 1.10. The maximum Gasteiger partial charge on any atom is 0.127 e. The summed E-state index contributed by atoms with van der Waals surface area (Å²) in [6.45, 7) is 0.995. The zero-order valence-electron chi connectivity index (χ0n) is 10.7. The van der Waals surface area contributed by atoms with Gasteiger partial charge in [0.25, 0.3) is 0 Å². The topological polar surface area (TPSA) is 29.9 Å². The third-order valence-corrected chi connectivity index (χ3v) is 4.04. The fourth-order valence-corrected chi connectivity index (χ4v) is 2.93. The third-order valence-electron chi connectivity index (χ3n) is 3.47. The van der Waals surface area contributed by atoms with Gasteiger partial charge in [-0.25, -0.2) is 0 Å². The largest absolute Gasteiger partial charge is 0.370 e. The first-order valence-electron chi connectivity index (χ1n) is 6.42. The number of rotatable bonds is 1. The van der Waals surface area contributed by atoms with Gasteiger partial charge in [0.2, 0.25) is 0 Å². The van der Waals surface area contributed by atoms with Gasteiger partial charge in [0.1, 0.15) is 5.82 Å². The average molecular weight is 296 g/mol. The van der Waals surface area contributed by atoms with Gasteiger partial charge in [0, 0.05) is 29.7 Å². The Hall–Kier alpha value is -1.19. The number of nitrogens with one attached hydrogen (secondary N) is 1. The SMILES string of the molecule is Cn1nc(-c2cc(Cl)ccc2Cl)c2c1NCCCC2. The summed E-state index contributed by atoms with van der Waals surface area (Å²) in [4.78, 5) is 0. The number of aromatic nitrogens is 2. The van der Waals surface area contributed by atoms with Crippen molar-refractivity contribution in [2.24, 2.45) is 7.05 Å². The number of fused-ring (bicyclic) bond motifs is 1. The molecule has 1 aliphatic heterocycles. The van der Waals surface area contributed by atoms with Crippen LogP contribution < -0.4 is 5.32 Å². The van der Waals surface area contributed by atoms with Crippen LogP contribution in [0.25, 0.3) is 11.3 Å². The molecule has 0 aliphatic carbocycles. The molecule has 2 heterocycles. The molecule has 0 radical (unpaired) electrons. The summed E-state index contributed by atoms with van der Waals surface area (Å²) in [6.07, 6.45) is 3.36. The molecule has 0 spiro atoms. The summed E-state index contributed by atoms with van der Waals surface area (Å²) in [5, 5.41) is 9.43. The van der Waals surface area contributed by atoms with Gasteiger partial charge < -0.3 is 5.32 Å². The van der Waals surface area contributed by atoms with Crippen molar-refractivity contribution in [2.75, 3.05) is 11.9 Å². The third kappa shape index (κ3) is 2.33. The Morgan fingerprint density at radius 1 is 1.26 bits per heavy atom. The van der Waals surface area contributed by atoms with Crippen molar-refractivity contribution in [2.45, 2.75) is 19.3 Å². The van der Waals surface area contributed by atoms with Gasteiger partial charge in [0.15, 0.2) is 0 Å². The van der Waals surface area contributed by atoms with Gasteiger partial charge in [-0.2, -0.15) is 5.10 Å². The fraction of sp³-hybridized carbons (Fsp3) is 0.357. The standard InChI is InChI=1S/C14H15Cl2N3/c1-19-14-10(4-2-3-7-17-14)13(18-19)11-8-9(15)5-6-12(11)16/h5-6,8,17H,2-4,7H2,1H3. The molecule has 1 N–H and O–H groups in total. The molecule has 3 nitrogen and oxygen atoms in total. The molecule has 0 fully saturated rings. The molecule has 100 valence electrons. The molecule has 0 saturated carbocycles. The van der Waals surface area contributed by atoms with E-state index >= 15 is 0 Å². The van der Waals surface area contributed by atoms with E-state index in [1.807, 2.05) is 23.9 Å². The Balaban J connectivity index is 2.17. The maximum atomic E-state index is 6.29. The van der Waals surface area contributed by atoms with Gasteiger partial charge in [0.05, 0.1) is 10.7 Å². The van der Waals surface area contributed by atoms with Gasteiger partial charge in [-0.05, 0) is 37.5 Å². The van der Waals surface area contributed by atoms with E-state index in [2.05, 4.69) is 10.4 Å². The van der Waals surface area contributed by atoms with E-state index in [4.69, 9.17) is 23.2 Å². The van der Waals surface area contributed by atoms with Crippen LogP contribution in [-0.2, 0) is 13.5 Å². The molecule has 0 atom stereocenters. The van der Waals surface area contributed by atoms with Gasteiger partial charge >= 0.3 is 0 Å². The molecule has 5 heteroatoms. The lowest BCUT2D eigenvalue weighted by molar-refractivity contribution is 0.757. The van der Waals surface area contributed by atoms with Gasteiger partial charge in [-0.3, -0.25) is 4.68 Å². The summed E-state index contributed by atoms with van der Waals surface area (Å²) in [5.41, 5.74) is 3.10. The molecule has 1 aromatic heterocycles. The summed E-state index contributed by atoms with van der Waals surface area (Å²) in [7, 11) is 1.96. The Morgan fingerprint density at radius 2 is 2.11 bits per heavy atom. The first-order valence-corrected chi connectivity index (χ1v) is 7.17. The second-order valence-electron chi connectivity index (χ2n) is 4.81. The molecular formula is C14H15Cl2N3. The molecule has 0 saturated heterocycles. The fourth-order valence-electron chi connectivity index (χ4n) is 2.55. The van der Waals surface area contributed by atoms with E-state index in [-0.39, 0.29) is 0 Å². The van der Waals surface area contributed by atoms with Crippen LogP contribution >= 0.6 is 23.2 Å². The number of halogens is 2. The van der Waals surface area contributed by atoms with Crippen molar-refractivity contribution >= 4 is 29.0 Å². The maximum absolute atomic E-state index is 6.29. The van der Waals surface area contributed by atoms with E-state index in [1.54, 1.807) is 6.07 Å². The zero-order chi connectivity index (χ0) is 13.4. The van der Waals surface area contributed by atoms with Crippen molar-refractivity contribution in [1.29, 1.82) is 0 Å². The van der Waals surface area contributed by atoms with Crippen LogP contribution in [0.1, 0.15) is 18.4 Å². The molecule has 19 heavy (non-hydrogen) atoms. The van der Waals surface area contributed by atoms with Gasteiger partial charge in [-0.15, -0.1) is 0 Å². The average Bonchev–Trinajstić information content (AvgIpc) is 2.59.